The Bertz CT molecular complexity index is 1410. The Kier molecular flexibility index (Phi) is 5.76. The molecule has 34 heavy (non-hydrogen) atoms. The maximum Gasteiger partial charge on any atom is 0.416 e. The van der Waals surface area contributed by atoms with Crippen molar-refractivity contribution < 1.29 is 32.1 Å². The van der Waals surface area contributed by atoms with Gasteiger partial charge in [-0.15, -0.1) is 0 Å². The number of nitro benzene ring substituents is 1. The normalized spacial score (nSPS) is 11.3. The molecule has 4 aromatic rings. The van der Waals surface area contributed by atoms with E-state index in [1.165, 1.54) is 30.3 Å². The maximum absolute atomic E-state index is 13.0. The van der Waals surface area contributed by atoms with Gasteiger partial charge in [0.1, 0.15) is 11.3 Å². The molecule has 0 spiro atoms. The number of anilines is 2. The number of carbonyl (C=O) groups is 2. The molecule has 0 aliphatic heterocycles. The third-order valence-electron chi connectivity index (χ3n) is 4.83. The fourth-order valence-corrected chi connectivity index (χ4v) is 3.21. The number of furan rings is 1. The quantitative estimate of drug-likeness (QED) is 0.281. The number of carbonyl (C=O) groups excluding carboxylic acids is 2. The molecule has 2 N–H and O–H groups in total. The second-order valence-corrected chi connectivity index (χ2v) is 7.09. The third kappa shape index (κ3) is 4.58. The van der Waals surface area contributed by atoms with Crippen LogP contribution in [0.25, 0.3) is 11.0 Å². The summed E-state index contributed by atoms with van der Waals surface area (Å²) >= 11 is 0. The van der Waals surface area contributed by atoms with Crippen LogP contribution < -0.4 is 10.6 Å². The highest BCUT2D eigenvalue weighted by molar-refractivity contribution is 6.16. The van der Waals surface area contributed by atoms with Crippen LogP contribution in [-0.4, -0.2) is 16.7 Å². The van der Waals surface area contributed by atoms with Crippen LogP contribution in [0.1, 0.15) is 26.5 Å². The molecule has 1 aromatic heterocycles. The molecule has 0 saturated heterocycles. The van der Waals surface area contributed by atoms with Crippen molar-refractivity contribution in [3.63, 3.8) is 0 Å². The van der Waals surface area contributed by atoms with Crippen LogP contribution in [0.15, 0.2) is 77.2 Å². The Hall–Kier alpha value is -4.67. The molecule has 172 valence electrons. The number of amides is 2. The zero-order chi connectivity index (χ0) is 24.5. The van der Waals surface area contributed by atoms with Gasteiger partial charge >= 0.3 is 6.18 Å². The highest BCUT2D eigenvalue weighted by Crippen LogP contribution is 2.33. The van der Waals surface area contributed by atoms with Crippen LogP contribution >= 0.6 is 0 Å². The van der Waals surface area contributed by atoms with Gasteiger partial charge in [0.15, 0.2) is 0 Å². The van der Waals surface area contributed by atoms with E-state index in [-0.39, 0.29) is 34.0 Å². The molecule has 0 unspecified atom stereocenters. The first kappa shape index (κ1) is 22.5. The summed E-state index contributed by atoms with van der Waals surface area (Å²) in [6.45, 7) is 0. The molecule has 0 fully saturated rings. The molecule has 2 amide bonds. The summed E-state index contributed by atoms with van der Waals surface area (Å²) in [4.78, 5) is 35.8. The van der Waals surface area contributed by atoms with E-state index in [0.717, 1.165) is 12.1 Å². The van der Waals surface area contributed by atoms with Gasteiger partial charge in [0.25, 0.3) is 17.5 Å². The summed E-state index contributed by atoms with van der Waals surface area (Å²) in [6.07, 6.45) is -4.63. The molecule has 0 atom stereocenters. The number of fused-ring (bicyclic) bond motifs is 1. The summed E-state index contributed by atoms with van der Waals surface area (Å²) in [6, 6.07) is 15.3. The molecule has 11 heteroatoms. The largest absolute Gasteiger partial charge is 0.449 e. The maximum atomic E-state index is 13.0. The number of non-ortho nitro benzene ring substituents is 1. The molecule has 0 aliphatic rings. The Balaban J connectivity index is 1.66. The lowest BCUT2D eigenvalue weighted by molar-refractivity contribution is -0.384. The van der Waals surface area contributed by atoms with Crippen molar-refractivity contribution in [2.24, 2.45) is 0 Å². The Morgan fingerprint density at radius 3 is 2.26 bits per heavy atom. The van der Waals surface area contributed by atoms with Gasteiger partial charge in [0.05, 0.1) is 10.5 Å². The first-order chi connectivity index (χ1) is 16.1. The molecule has 1 heterocycles. The van der Waals surface area contributed by atoms with Crippen molar-refractivity contribution in [2.45, 2.75) is 6.18 Å². The summed E-state index contributed by atoms with van der Waals surface area (Å²) in [5.41, 5.74) is -0.967. The van der Waals surface area contributed by atoms with E-state index in [2.05, 4.69) is 10.6 Å². The smallest absolute Gasteiger partial charge is 0.416 e. The second-order valence-electron chi connectivity index (χ2n) is 7.09. The summed E-state index contributed by atoms with van der Waals surface area (Å²) < 4.78 is 44.7. The number of nitro groups is 1. The predicted molar refractivity (Wildman–Crippen MR) is 117 cm³/mol. The average Bonchev–Trinajstić information content (AvgIpc) is 3.17. The number of hydrogen-bond acceptors (Lipinski definition) is 5. The van der Waals surface area contributed by atoms with E-state index >= 15 is 0 Å². The van der Waals surface area contributed by atoms with Crippen LogP contribution in [0, 0.1) is 10.1 Å². The van der Waals surface area contributed by atoms with Crippen LogP contribution in [0.3, 0.4) is 0 Å². The zero-order valence-electron chi connectivity index (χ0n) is 17.1. The fourth-order valence-electron chi connectivity index (χ4n) is 3.21. The molecule has 0 saturated carbocycles. The predicted octanol–water partition coefficient (Wildman–Crippen LogP) is 5.86. The number of nitrogens with one attached hydrogen (secondary N) is 2. The molecule has 3 aromatic carbocycles. The first-order valence-corrected chi connectivity index (χ1v) is 9.69. The van der Waals surface area contributed by atoms with Crippen molar-refractivity contribution in [1.82, 2.24) is 0 Å². The average molecular weight is 469 g/mol. The standard InChI is InChI=1S/C23H14F3N3O5/c24-23(25,26)14-5-3-4-13(12-14)21(30)28-19-17-6-1-2-7-18(17)34-20(19)22(31)27-15-8-10-16(11-9-15)29(32)33/h1-12H,(H,27,31)(H,28,30). The van der Waals surface area contributed by atoms with E-state index in [1.54, 1.807) is 24.3 Å². The lowest BCUT2D eigenvalue weighted by Gasteiger charge is -2.10. The molecule has 0 radical (unpaired) electrons. The van der Waals surface area contributed by atoms with Crippen molar-refractivity contribution in [3.8, 4) is 0 Å². The highest BCUT2D eigenvalue weighted by atomic mass is 19.4. The monoisotopic (exact) mass is 469 g/mol. The van der Waals surface area contributed by atoms with E-state index in [4.69, 9.17) is 4.42 Å². The number of rotatable bonds is 5. The number of alkyl halides is 3. The Labute approximate surface area is 189 Å². The molecular formula is C23H14F3N3O5. The van der Waals surface area contributed by atoms with Gasteiger partial charge in [0, 0.05) is 28.8 Å². The minimum absolute atomic E-state index is 0.0302. The lowest BCUT2D eigenvalue weighted by atomic mass is 10.1. The summed E-state index contributed by atoms with van der Waals surface area (Å²) in [5, 5.41) is 16.1. The molecule has 0 bridgehead atoms. The summed E-state index contributed by atoms with van der Waals surface area (Å²) in [7, 11) is 0. The minimum Gasteiger partial charge on any atom is -0.449 e. The minimum atomic E-state index is -4.63. The number of para-hydroxylation sites is 1. The van der Waals surface area contributed by atoms with Gasteiger partial charge in [-0.2, -0.15) is 13.2 Å². The topological polar surface area (TPSA) is 114 Å². The summed E-state index contributed by atoms with van der Waals surface area (Å²) in [5.74, 6) is -1.94. The Morgan fingerprint density at radius 1 is 0.882 bits per heavy atom. The van der Waals surface area contributed by atoms with Crippen LogP contribution in [-0.2, 0) is 6.18 Å². The van der Waals surface area contributed by atoms with Gasteiger partial charge in [-0.1, -0.05) is 18.2 Å². The van der Waals surface area contributed by atoms with Crippen molar-refractivity contribution >= 4 is 39.8 Å². The van der Waals surface area contributed by atoms with Gasteiger partial charge < -0.3 is 15.1 Å². The van der Waals surface area contributed by atoms with E-state index in [1.807, 2.05) is 0 Å². The second kappa shape index (κ2) is 8.70. The van der Waals surface area contributed by atoms with Crippen LogP contribution in [0.4, 0.5) is 30.2 Å². The highest BCUT2D eigenvalue weighted by Gasteiger charge is 2.31. The molecular weight excluding hydrogens is 455 g/mol. The number of halogens is 3. The SMILES string of the molecule is O=C(Nc1c(C(=O)Nc2ccc([N+](=O)[O-])cc2)oc2ccccc12)c1cccc(C(F)(F)F)c1. The lowest BCUT2D eigenvalue weighted by Crippen LogP contribution is -2.18. The van der Waals surface area contributed by atoms with Crippen molar-refractivity contribution in [3.05, 3.63) is 99.8 Å². The third-order valence-corrected chi connectivity index (χ3v) is 4.83. The van der Waals surface area contributed by atoms with Crippen molar-refractivity contribution in [1.29, 1.82) is 0 Å². The zero-order valence-corrected chi connectivity index (χ0v) is 17.1. The van der Waals surface area contributed by atoms with E-state index in [9.17, 15) is 32.9 Å². The first-order valence-electron chi connectivity index (χ1n) is 9.69. The van der Waals surface area contributed by atoms with Crippen LogP contribution in [0.5, 0.6) is 0 Å². The van der Waals surface area contributed by atoms with E-state index < -0.39 is 28.5 Å². The van der Waals surface area contributed by atoms with Gasteiger partial charge in [-0.25, -0.2) is 0 Å². The van der Waals surface area contributed by atoms with Gasteiger partial charge in [-0.3, -0.25) is 19.7 Å². The number of nitrogens with zero attached hydrogens (tertiary/aromatic N) is 1. The fraction of sp³-hybridized carbons (Fsp3) is 0.0435. The Morgan fingerprint density at radius 2 is 1.59 bits per heavy atom. The van der Waals surface area contributed by atoms with Crippen molar-refractivity contribution in [2.75, 3.05) is 10.6 Å². The number of benzene rings is 3. The number of hydrogen-bond donors (Lipinski definition) is 2. The van der Waals surface area contributed by atoms with Gasteiger partial charge in [0.2, 0.25) is 5.76 Å². The van der Waals surface area contributed by atoms with E-state index in [0.29, 0.717) is 11.5 Å². The molecule has 4 rings (SSSR count). The molecule has 8 nitrogen and oxygen atoms in total. The molecule has 0 aliphatic carbocycles. The van der Waals surface area contributed by atoms with Crippen LogP contribution in [0.2, 0.25) is 0 Å². The van der Waals surface area contributed by atoms with Gasteiger partial charge in [-0.05, 0) is 42.5 Å².